The zero-order chi connectivity index (χ0) is 19.1. The van der Waals surface area contributed by atoms with Crippen molar-refractivity contribution < 1.29 is 14.0 Å². The van der Waals surface area contributed by atoms with Crippen molar-refractivity contribution in [3.63, 3.8) is 0 Å². The summed E-state index contributed by atoms with van der Waals surface area (Å²) in [5.41, 5.74) is 0.836. The first-order chi connectivity index (χ1) is 13.1. The first kappa shape index (κ1) is 19.5. The number of aryl methyl sites for hydroxylation is 1. The van der Waals surface area contributed by atoms with Crippen LogP contribution in [-0.4, -0.2) is 36.3 Å². The number of rotatable bonds is 7. The molecule has 2 amide bonds. The van der Waals surface area contributed by atoms with Crippen molar-refractivity contribution in [1.29, 1.82) is 0 Å². The van der Waals surface area contributed by atoms with E-state index in [1.165, 1.54) is 17.0 Å². The monoisotopic (exact) mass is 388 g/mol. The zero-order valence-electron chi connectivity index (χ0n) is 15.3. The molecule has 144 valence electrons. The summed E-state index contributed by atoms with van der Waals surface area (Å²) in [5, 5.41) is 5.06. The fourth-order valence-corrected chi connectivity index (χ4v) is 4.11. The van der Waals surface area contributed by atoms with Gasteiger partial charge in [-0.2, -0.15) is 0 Å². The number of halogens is 1. The molecular formula is C21H25FN2O2S. The van der Waals surface area contributed by atoms with Crippen LogP contribution in [0, 0.1) is 11.7 Å². The van der Waals surface area contributed by atoms with E-state index in [4.69, 9.17) is 0 Å². The summed E-state index contributed by atoms with van der Waals surface area (Å²) >= 11 is 1.70. The molecule has 0 spiro atoms. The van der Waals surface area contributed by atoms with Crippen LogP contribution >= 0.6 is 11.3 Å². The third-order valence-electron chi connectivity index (χ3n) is 4.99. The molecule has 0 radical (unpaired) electrons. The maximum atomic E-state index is 13.2. The molecule has 6 heteroatoms. The second-order valence-corrected chi connectivity index (χ2v) is 7.94. The standard InChI is InChI=1S/C21H25FN2O2S/c22-18-4-1-3-16(15-18)6-7-20(25)24-12-9-17(10-13-24)21(26)23-11-8-19-5-2-14-27-19/h1-5,14-15,17H,6-13H2,(H,23,26). The van der Waals surface area contributed by atoms with Gasteiger partial charge in [0, 0.05) is 36.9 Å². The summed E-state index contributed by atoms with van der Waals surface area (Å²) in [6, 6.07) is 10.5. The summed E-state index contributed by atoms with van der Waals surface area (Å²) in [6.45, 7) is 1.89. The molecule has 2 aromatic rings. The van der Waals surface area contributed by atoms with Gasteiger partial charge in [0.1, 0.15) is 5.82 Å². The maximum Gasteiger partial charge on any atom is 0.223 e. The molecule has 0 atom stereocenters. The van der Waals surface area contributed by atoms with Gasteiger partial charge >= 0.3 is 0 Å². The van der Waals surface area contributed by atoms with Gasteiger partial charge < -0.3 is 10.2 Å². The van der Waals surface area contributed by atoms with Gasteiger partial charge in [0.15, 0.2) is 0 Å². The minimum Gasteiger partial charge on any atom is -0.355 e. The molecule has 2 heterocycles. The van der Waals surface area contributed by atoms with Gasteiger partial charge in [-0.15, -0.1) is 11.3 Å². The topological polar surface area (TPSA) is 49.4 Å². The normalized spacial score (nSPS) is 14.9. The molecule has 1 aliphatic heterocycles. The van der Waals surface area contributed by atoms with Crippen LogP contribution in [0.1, 0.15) is 29.7 Å². The molecular weight excluding hydrogens is 363 g/mol. The smallest absolute Gasteiger partial charge is 0.223 e. The second-order valence-electron chi connectivity index (χ2n) is 6.91. The number of nitrogens with zero attached hydrogens (tertiary/aromatic N) is 1. The number of thiophene rings is 1. The number of carbonyl (C=O) groups excluding carboxylic acids is 2. The van der Waals surface area contributed by atoms with E-state index in [1.54, 1.807) is 17.4 Å². The molecule has 1 fully saturated rings. The Morgan fingerprint density at radius 3 is 2.67 bits per heavy atom. The van der Waals surface area contributed by atoms with Crippen LogP contribution in [0.25, 0.3) is 0 Å². The lowest BCUT2D eigenvalue weighted by atomic mass is 9.95. The SMILES string of the molecule is O=C(NCCc1cccs1)C1CCN(C(=O)CCc2cccc(F)c2)CC1. The van der Waals surface area contributed by atoms with Crippen molar-refractivity contribution in [3.05, 3.63) is 58.0 Å². The van der Waals surface area contributed by atoms with Gasteiger partial charge in [-0.1, -0.05) is 18.2 Å². The highest BCUT2D eigenvalue weighted by Crippen LogP contribution is 2.19. The molecule has 0 saturated carbocycles. The molecule has 1 aromatic heterocycles. The van der Waals surface area contributed by atoms with Crippen LogP contribution < -0.4 is 5.32 Å². The fraction of sp³-hybridized carbons (Fsp3) is 0.429. The summed E-state index contributed by atoms with van der Waals surface area (Å²) in [5.74, 6) is -0.110. The van der Waals surface area contributed by atoms with Crippen LogP contribution in [0.3, 0.4) is 0 Å². The Morgan fingerprint density at radius 2 is 1.96 bits per heavy atom. The van der Waals surface area contributed by atoms with Gasteiger partial charge in [-0.25, -0.2) is 4.39 Å². The van der Waals surface area contributed by atoms with E-state index < -0.39 is 0 Å². The molecule has 1 aliphatic rings. The predicted molar refractivity (Wildman–Crippen MR) is 105 cm³/mol. The lowest BCUT2D eigenvalue weighted by Crippen LogP contribution is -2.43. The first-order valence-corrected chi connectivity index (χ1v) is 10.3. The Balaban J connectivity index is 1.36. The molecule has 3 rings (SSSR count). The third kappa shape index (κ3) is 5.89. The van der Waals surface area contributed by atoms with Crippen LogP contribution in [0.5, 0.6) is 0 Å². The van der Waals surface area contributed by atoms with Crippen molar-refractivity contribution in [2.75, 3.05) is 19.6 Å². The number of piperidine rings is 1. The number of benzene rings is 1. The van der Waals surface area contributed by atoms with E-state index in [2.05, 4.69) is 11.4 Å². The Morgan fingerprint density at radius 1 is 1.15 bits per heavy atom. The number of hydrogen-bond donors (Lipinski definition) is 1. The summed E-state index contributed by atoms with van der Waals surface area (Å²) < 4.78 is 13.2. The van der Waals surface area contributed by atoms with Crippen LogP contribution in [0.15, 0.2) is 41.8 Å². The van der Waals surface area contributed by atoms with Gasteiger partial charge in [0.25, 0.3) is 0 Å². The first-order valence-electron chi connectivity index (χ1n) is 9.44. The second kappa shape index (κ2) is 9.65. The number of likely N-dealkylation sites (tertiary alicyclic amines) is 1. The van der Waals surface area contributed by atoms with Crippen molar-refractivity contribution in [2.24, 2.45) is 5.92 Å². The summed E-state index contributed by atoms with van der Waals surface area (Å²) in [4.78, 5) is 27.8. The lowest BCUT2D eigenvalue weighted by Gasteiger charge is -2.31. The van der Waals surface area contributed by atoms with Crippen LogP contribution in [0.4, 0.5) is 4.39 Å². The highest BCUT2D eigenvalue weighted by Gasteiger charge is 2.26. The van der Waals surface area contributed by atoms with E-state index in [0.717, 1.165) is 12.0 Å². The van der Waals surface area contributed by atoms with Gasteiger partial charge in [0.05, 0.1) is 0 Å². The molecule has 27 heavy (non-hydrogen) atoms. The molecule has 0 aliphatic carbocycles. The van der Waals surface area contributed by atoms with Gasteiger partial charge in [0.2, 0.25) is 11.8 Å². The maximum absolute atomic E-state index is 13.2. The zero-order valence-corrected chi connectivity index (χ0v) is 16.1. The Hall–Kier alpha value is -2.21. The quantitative estimate of drug-likeness (QED) is 0.790. The molecule has 1 saturated heterocycles. The Bertz CT molecular complexity index is 755. The van der Waals surface area contributed by atoms with Crippen LogP contribution in [-0.2, 0) is 22.4 Å². The molecule has 4 nitrogen and oxygen atoms in total. The largest absolute Gasteiger partial charge is 0.355 e. The Labute approximate surface area is 163 Å². The van der Waals surface area contributed by atoms with E-state index in [1.807, 2.05) is 22.4 Å². The van der Waals surface area contributed by atoms with E-state index in [0.29, 0.717) is 45.3 Å². The van der Waals surface area contributed by atoms with Crippen LogP contribution in [0.2, 0.25) is 0 Å². The summed E-state index contributed by atoms with van der Waals surface area (Å²) in [6.07, 6.45) is 3.19. The number of carbonyl (C=O) groups is 2. The number of hydrogen-bond acceptors (Lipinski definition) is 3. The fourth-order valence-electron chi connectivity index (χ4n) is 3.40. The molecule has 1 N–H and O–H groups in total. The minimum absolute atomic E-state index is 0.0133. The van der Waals surface area contributed by atoms with Crippen molar-refractivity contribution in [1.82, 2.24) is 10.2 Å². The van der Waals surface area contributed by atoms with Gasteiger partial charge in [-0.05, 0) is 54.8 Å². The predicted octanol–water partition coefficient (Wildman–Crippen LogP) is 3.42. The average molecular weight is 389 g/mol. The minimum atomic E-state index is -0.272. The highest BCUT2D eigenvalue weighted by molar-refractivity contribution is 7.09. The molecule has 0 unspecified atom stereocenters. The van der Waals surface area contributed by atoms with Crippen molar-refractivity contribution in [3.8, 4) is 0 Å². The average Bonchev–Trinajstić information content (AvgIpc) is 3.20. The summed E-state index contributed by atoms with van der Waals surface area (Å²) in [7, 11) is 0. The molecule has 0 bridgehead atoms. The number of nitrogens with one attached hydrogen (secondary N) is 1. The number of amides is 2. The van der Waals surface area contributed by atoms with Gasteiger partial charge in [-0.3, -0.25) is 9.59 Å². The molecule has 1 aromatic carbocycles. The Kier molecular flexibility index (Phi) is 6.98. The van der Waals surface area contributed by atoms with E-state index in [-0.39, 0.29) is 23.5 Å². The van der Waals surface area contributed by atoms with Crippen molar-refractivity contribution in [2.45, 2.75) is 32.1 Å². The third-order valence-corrected chi connectivity index (χ3v) is 5.92. The van der Waals surface area contributed by atoms with E-state index >= 15 is 0 Å². The highest BCUT2D eigenvalue weighted by atomic mass is 32.1. The van der Waals surface area contributed by atoms with Crippen molar-refractivity contribution >= 4 is 23.2 Å². The lowest BCUT2D eigenvalue weighted by molar-refractivity contribution is -0.135. The van der Waals surface area contributed by atoms with E-state index in [9.17, 15) is 14.0 Å².